The zero-order valence-corrected chi connectivity index (χ0v) is 8.97. The van der Waals surface area contributed by atoms with Crippen molar-refractivity contribution in [1.29, 1.82) is 0 Å². The lowest BCUT2D eigenvalue weighted by Gasteiger charge is -2.19. The van der Waals surface area contributed by atoms with Gasteiger partial charge in [0.2, 0.25) is 0 Å². The largest absolute Gasteiger partial charge is 0.472 e. The molecule has 4 nitrogen and oxygen atoms in total. The molecule has 1 N–H and O–H groups in total. The molecule has 2 rings (SSSR count). The van der Waals surface area contributed by atoms with E-state index in [1.165, 1.54) is 0 Å². The third kappa shape index (κ3) is 2.59. The van der Waals surface area contributed by atoms with Crippen molar-refractivity contribution in [3.8, 4) is 0 Å². The van der Waals surface area contributed by atoms with E-state index in [1.54, 1.807) is 12.5 Å². The first kappa shape index (κ1) is 10.7. The number of hydrogen-bond acceptors (Lipinski definition) is 4. The maximum Gasteiger partial charge on any atom is 0.163 e. The quantitative estimate of drug-likeness (QED) is 0.821. The van der Waals surface area contributed by atoms with Crippen LogP contribution in [-0.2, 0) is 15.9 Å². The van der Waals surface area contributed by atoms with Gasteiger partial charge in [-0.3, -0.25) is 0 Å². The van der Waals surface area contributed by atoms with Gasteiger partial charge in [-0.2, -0.15) is 0 Å². The second-order valence-electron chi connectivity index (χ2n) is 4.27. The molecule has 0 aliphatic carbocycles. The highest BCUT2D eigenvalue weighted by atomic mass is 16.7. The summed E-state index contributed by atoms with van der Waals surface area (Å²) < 4.78 is 15.9. The maximum atomic E-state index is 9.91. The van der Waals surface area contributed by atoms with Gasteiger partial charge in [-0.15, -0.1) is 0 Å². The van der Waals surface area contributed by atoms with Crippen molar-refractivity contribution in [2.75, 3.05) is 6.61 Å². The van der Waals surface area contributed by atoms with E-state index in [1.807, 2.05) is 19.9 Å². The number of aliphatic hydroxyl groups is 1. The Hall–Kier alpha value is -0.840. The van der Waals surface area contributed by atoms with Crippen LogP contribution in [0.4, 0.5) is 0 Å². The maximum absolute atomic E-state index is 9.91. The molecule has 0 amide bonds. The molecule has 0 bridgehead atoms. The van der Waals surface area contributed by atoms with E-state index in [0.717, 1.165) is 5.56 Å². The van der Waals surface area contributed by atoms with Crippen molar-refractivity contribution in [2.45, 2.75) is 38.3 Å². The summed E-state index contributed by atoms with van der Waals surface area (Å²) in [4.78, 5) is 0. The number of furan rings is 1. The molecule has 15 heavy (non-hydrogen) atoms. The van der Waals surface area contributed by atoms with Crippen LogP contribution in [0, 0.1) is 0 Å². The Balaban J connectivity index is 1.90. The van der Waals surface area contributed by atoms with E-state index in [2.05, 4.69) is 0 Å². The summed E-state index contributed by atoms with van der Waals surface area (Å²) in [7, 11) is 0. The third-order valence-corrected chi connectivity index (χ3v) is 2.48. The van der Waals surface area contributed by atoms with Crippen LogP contribution in [-0.4, -0.2) is 29.7 Å². The minimum absolute atomic E-state index is 0.255. The van der Waals surface area contributed by atoms with Gasteiger partial charge in [0.1, 0.15) is 6.10 Å². The van der Waals surface area contributed by atoms with Crippen molar-refractivity contribution in [3.05, 3.63) is 24.2 Å². The fourth-order valence-electron chi connectivity index (χ4n) is 1.69. The molecule has 0 aromatic carbocycles. The SMILES string of the molecule is CC1(C)OC[C@H]([C@@H](O)Cc2ccoc2)O1. The molecule has 0 saturated carbocycles. The summed E-state index contributed by atoms with van der Waals surface area (Å²) in [5.74, 6) is -0.581. The fraction of sp³-hybridized carbons (Fsp3) is 0.636. The molecule has 1 aliphatic heterocycles. The number of aliphatic hydroxyl groups excluding tert-OH is 1. The molecule has 1 fully saturated rings. The first-order valence-corrected chi connectivity index (χ1v) is 5.08. The number of hydrogen-bond donors (Lipinski definition) is 1. The predicted molar refractivity (Wildman–Crippen MR) is 53.3 cm³/mol. The molecule has 4 heteroatoms. The Morgan fingerprint density at radius 2 is 2.40 bits per heavy atom. The number of ether oxygens (including phenoxy) is 2. The van der Waals surface area contributed by atoms with Crippen molar-refractivity contribution in [1.82, 2.24) is 0 Å². The van der Waals surface area contributed by atoms with Gasteiger partial charge >= 0.3 is 0 Å². The van der Waals surface area contributed by atoms with E-state index in [-0.39, 0.29) is 6.10 Å². The van der Waals surface area contributed by atoms with E-state index >= 15 is 0 Å². The van der Waals surface area contributed by atoms with Gasteiger partial charge in [0.05, 0.1) is 25.2 Å². The highest BCUT2D eigenvalue weighted by molar-refractivity contribution is 5.07. The van der Waals surface area contributed by atoms with Gasteiger partial charge in [-0.05, 0) is 25.5 Å². The van der Waals surface area contributed by atoms with Crippen LogP contribution >= 0.6 is 0 Å². The van der Waals surface area contributed by atoms with E-state index in [0.29, 0.717) is 13.0 Å². The van der Waals surface area contributed by atoms with Gasteiger partial charge in [0.25, 0.3) is 0 Å². The summed E-state index contributed by atoms with van der Waals surface area (Å²) in [6.07, 6.45) is 2.95. The van der Waals surface area contributed by atoms with Crippen LogP contribution in [0.1, 0.15) is 19.4 Å². The predicted octanol–water partition coefficient (Wildman–Crippen LogP) is 1.33. The Bertz CT molecular complexity index is 304. The van der Waals surface area contributed by atoms with Crippen LogP contribution in [0.25, 0.3) is 0 Å². The van der Waals surface area contributed by atoms with Gasteiger partial charge in [-0.1, -0.05) is 0 Å². The normalized spacial score (nSPS) is 26.7. The highest BCUT2D eigenvalue weighted by Gasteiger charge is 2.36. The zero-order valence-electron chi connectivity index (χ0n) is 8.97. The molecule has 1 aromatic rings. The Morgan fingerprint density at radius 1 is 1.60 bits per heavy atom. The minimum Gasteiger partial charge on any atom is -0.472 e. The van der Waals surface area contributed by atoms with Crippen molar-refractivity contribution < 1.29 is 19.0 Å². The monoisotopic (exact) mass is 212 g/mol. The van der Waals surface area contributed by atoms with Crippen molar-refractivity contribution in [3.63, 3.8) is 0 Å². The summed E-state index contributed by atoms with van der Waals surface area (Å²) in [6.45, 7) is 4.13. The smallest absolute Gasteiger partial charge is 0.163 e. The zero-order chi connectivity index (χ0) is 10.9. The van der Waals surface area contributed by atoms with Crippen LogP contribution in [0.2, 0.25) is 0 Å². The lowest BCUT2D eigenvalue weighted by molar-refractivity contribution is -0.150. The van der Waals surface area contributed by atoms with Gasteiger partial charge < -0.3 is 19.0 Å². The minimum atomic E-state index is -0.581. The first-order chi connectivity index (χ1) is 7.07. The highest BCUT2D eigenvalue weighted by Crippen LogP contribution is 2.25. The first-order valence-electron chi connectivity index (χ1n) is 5.08. The van der Waals surface area contributed by atoms with Crippen LogP contribution < -0.4 is 0 Å². The molecule has 84 valence electrons. The van der Waals surface area contributed by atoms with Crippen molar-refractivity contribution in [2.24, 2.45) is 0 Å². The van der Waals surface area contributed by atoms with Crippen LogP contribution in [0.5, 0.6) is 0 Å². The molecule has 2 atom stereocenters. The second kappa shape index (κ2) is 3.96. The molecular weight excluding hydrogens is 196 g/mol. The van der Waals surface area contributed by atoms with E-state index in [4.69, 9.17) is 13.9 Å². The fourth-order valence-corrected chi connectivity index (χ4v) is 1.69. The molecule has 0 unspecified atom stereocenters. The lowest BCUT2D eigenvalue weighted by Crippen LogP contribution is -2.32. The summed E-state index contributed by atoms with van der Waals surface area (Å²) >= 11 is 0. The summed E-state index contributed by atoms with van der Waals surface area (Å²) in [6, 6.07) is 1.84. The van der Waals surface area contributed by atoms with Gasteiger partial charge in [-0.25, -0.2) is 0 Å². The topological polar surface area (TPSA) is 51.8 Å². The second-order valence-corrected chi connectivity index (χ2v) is 4.27. The summed E-state index contributed by atoms with van der Waals surface area (Å²) in [5.41, 5.74) is 0.968. The molecule has 1 aliphatic rings. The Morgan fingerprint density at radius 3 is 2.93 bits per heavy atom. The van der Waals surface area contributed by atoms with Gasteiger partial charge in [0, 0.05) is 6.42 Å². The van der Waals surface area contributed by atoms with Crippen molar-refractivity contribution >= 4 is 0 Å². The molecule has 2 heterocycles. The molecular formula is C11H16O4. The average Bonchev–Trinajstić information content (AvgIpc) is 2.74. The Labute approximate surface area is 88.8 Å². The summed E-state index contributed by atoms with van der Waals surface area (Å²) in [5, 5.41) is 9.91. The standard InChI is InChI=1S/C11H16O4/c1-11(2)14-7-10(15-11)9(12)5-8-3-4-13-6-8/h3-4,6,9-10,12H,5,7H2,1-2H3/t9-,10+/m0/s1. The van der Waals surface area contributed by atoms with Gasteiger partial charge in [0.15, 0.2) is 5.79 Å². The number of rotatable bonds is 3. The van der Waals surface area contributed by atoms with E-state index < -0.39 is 11.9 Å². The van der Waals surface area contributed by atoms with Crippen LogP contribution in [0.15, 0.2) is 23.0 Å². The third-order valence-electron chi connectivity index (χ3n) is 2.48. The molecule has 1 aromatic heterocycles. The Kier molecular flexibility index (Phi) is 2.82. The van der Waals surface area contributed by atoms with E-state index in [9.17, 15) is 5.11 Å². The molecule has 0 radical (unpaired) electrons. The molecule has 1 saturated heterocycles. The molecule has 0 spiro atoms. The van der Waals surface area contributed by atoms with Crippen LogP contribution in [0.3, 0.4) is 0 Å². The lowest BCUT2D eigenvalue weighted by atomic mass is 10.1. The average molecular weight is 212 g/mol.